The summed E-state index contributed by atoms with van der Waals surface area (Å²) in [5, 5.41) is 6.43. The molecule has 0 saturated heterocycles. The zero-order valence-corrected chi connectivity index (χ0v) is 14.1. The smallest absolute Gasteiger partial charge is 0.150 e. The third-order valence-corrected chi connectivity index (χ3v) is 6.90. The summed E-state index contributed by atoms with van der Waals surface area (Å²) in [6.07, 6.45) is 6.00. The molecule has 0 bridgehead atoms. The quantitative estimate of drug-likeness (QED) is 0.904. The van der Waals surface area contributed by atoms with Crippen LogP contribution in [0.1, 0.15) is 36.4 Å². The second kappa shape index (κ2) is 6.54. The summed E-state index contributed by atoms with van der Waals surface area (Å²) in [5.41, 5.74) is 1.07. The molecule has 1 aromatic heterocycles. The monoisotopic (exact) mass is 316 g/mol. The van der Waals surface area contributed by atoms with Gasteiger partial charge in [0.1, 0.15) is 9.84 Å². The standard InChI is InChI=1S/C14H24N2O2S2/c1-10-9-19-14(16-10)8-13(15-2)11-5-4-6-12(7-11)20(3,17)18/h9,11-13,15H,4-8H2,1-3H3. The average molecular weight is 316 g/mol. The molecule has 3 unspecified atom stereocenters. The SMILES string of the molecule is CNC(Cc1nc(C)cs1)C1CCCC(S(C)(=O)=O)C1. The van der Waals surface area contributed by atoms with Crippen molar-refractivity contribution in [3.8, 4) is 0 Å². The molecule has 1 aromatic rings. The molecule has 0 radical (unpaired) electrons. The van der Waals surface area contributed by atoms with E-state index < -0.39 is 9.84 Å². The van der Waals surface area contributed by atoms with Gasteiger partial charge < -0.3 is 5.32 Å². The highest BCUT2D eigenvalue weighted by Crippen LogP contribution is 2.32. The first kappa shape index (κ1) is 15.9. The van der Waals surface area contributed by atoms with Gasteiger partial charge in [0.05, 0.1) is 10.3 Å². The van der Waals surface area contributed by atoms with Crippen molar-refractivity contribution in [3.63, 3.8) is 0 Å². The topological polar surface area (TPSA) is 59.1 Å². The number of thiazole rings is 1. The van der Waals surface area contributed by atoms with Crippen LogP contribution in [0.4, 0.5) is 0 Å². The van der Waals surface area contributed by atoms with Gasteiger partial charge in [-0.25, -0.2) is 13.4 Å². The Balaban J connectivity index is 2.03. The van der Waals surface area contributed by atoms with Gasteiger partial charge in [0.25, 0.3) is 0 Å². The molecular formula is C14H24N2O2S2. The maximum atomic E-state index is 11.8. The highest BCUT2D eigenvalue weighted by Gasteiger charge is 2.32. The fourth-order valence-corrected chi connectivity index (χ4v) is 5.15. The van der Waals surface area contributed by atoms with Crippen molar-refractivity contribution in [3.05, 3.63) is 16.1 Å². The Bertz CT molecular complexity index is 539. The number of sulfone groups is 1. The van der Waals surface area contributed by atoms with Crippen molar-refractivity contribution in [1.29, 1.82) is 0 Å². The predicted molar refractivity (Wildman–Crippen MR) is 84.0 cm³/mol. The molecule has 3 atom stereocenters. The number of rotatable bonds is 5. The summed E-state index contributed by atoms with van der Waals surface area (Å²) in [6.45, 7) is 2.01. The van der Waals surface area contributed by atoms with Gasteiger partial charge in [0.2, 0.25) is 0 Å². The second-order valence-electron chi connectivity index (χ2n) is 5.86. The Kier molecular flexibility index (Phi) is 5.20. The first-order valence-corrected chi connectivity index (χ1v) is 10.0. The van der Waals surface area contributed by atoms with Gasteiger partial charge in [-0.15, -0.1) is 11.3 Å². The molecule has 1 saturated carbocycles. The number of hydrogen-bond acceptors (Lipinski definition) is 5. The molecule has 1 heterocycles. The van der Waals surface area contributed by atoms with E-state index in [0.717, 1.165) is 42.8 Å². The van der Waals surface area contributed by atoms with Crippen LogP contribution in [0.2, 0.25) is 0 Å². The van der Waals surface area contributed by atoms with Crippen molar-refractivity contribution in [2.45, 2.75) is 50.3 Å². The first-order valence-electron chi connectivity index (χ1n) is 7.17. The molecule has 4 nitrogen and oxygen atoms in total. The van der Waals surface area contributed by atoms with Crippen LogP contribution in [0.25, 0.3) is 0 Å². The molecule has 1 aliphatic rings. The van der Waals surface area contributed by atoms with Gasteiger partial charge >= 0.3 is 0 Å². The average Bonchev–Trinajstić information content (AvgIpc) is 2.81. The molecule has 2 rings (SSSR count). The van der Waals surface area contributed by atoms with E-state index in [1.165, 1.54) is 6.26 Å². The van der Waals surface area contributed by atoms with E-state index in [1.54, 1.807) is 11.3 Å². The number of aryl methyl sites for hydroxylation is 1. The fraction of sp³-hybridized carbons (Fsp3) is 0.786. The third-order valence-electron chi connectivity index (χ3n) is 4.27. The summed E-state index contributed by atoms with van der Waals surface area (Å²) in [5.74, 6) is 0.428. The van der Waals surface area contributed by atoms with E-state index in [1.807, 2.05) is 14.0 Å². The van der Waals surface area contributed by atoms with Crippen LogP contribution in [-0.2, 0) is 16.3 Å². The zero-order chi connectivity index (χ0) is 14.8. The van der Waals surface area contributed by atoms with E-state index in [2.05, 4.69) is 15.7 Å². The molecule has 114 valence electrons. The Morgan fingerprint density at radius 1 is 1.50 bits per heavy atom. The van der Waals surface area contributed by atoms with Crippen molar-refractivity contribution in [1.82, 2.24) is 10.3 Å². The van der Waals surface area contributed by atoms with Gasteiger partial charge in [-0.1, -0.05) is 6.42 Å². The van der Waals surface area contributed by atoms with Crippen LogP contribution in [0, 0.1) is 12.8 Å². The minimum atomic E-state index is -2.91. The van der Waals surface area contributed by atoms with Gasteiger partial charge in [-0.3, -0.25) is 0 Å². The van der Waals surface area contributed by atoms with Crippen LogP contribution in [0.5, 0.6) is 0 Å². The summed E-state index contributed by atoms with van der Waals surface area (Å²) < 4.78 is 23.5. The fourth-order valence-electron chi connectivity index (χ4n) is 3.12. The minimum Gasteiger partial charge on any atom is -0.316 e. The Morgan fingerprint density at radius 2 is 2.25 bits per heavy atom. The third kappa shape index (κ3) is 4.02. The molecule has 20 heavy (non-hydrogen) atoms. The van der Waals surface area contributed by atoms with Crippen LogP contribution in [0.15, 0.2) is 5.38 Å². The summed E-state index contributed by atoms with van der Waals surface area (Å²) in [7, 11) is -0.943. The predicted octanol–water partition coefficient (Wildman–Crippen LogP) is 2.19. The summed E-state index contributed by atoms with van der Waals surface area (Å²) >= 11 is 1.69. The number of likely N-dealkylation sites (N-methyl/N-ethyl adjacent to an activating group) is 1. The van der Waals surface area contributed by atoms with Gasteiger partial charge in [0, 0.05) is 29.8 Å². The van der Waals surface area contributed by atoms with Crippen molar-refractivity contribution in [2.24, 2.45) is 5.92 Å². The Hall–Kier alpha value is -0.460. The molecule has 0 amide bonds. The molecule has 6 heteroatoms. The molecule has 1 aliphatic carbocycles. The zero-order valence-electron chi connectivity index (χ0n) is 12.4. The van der Waals surface area contributed by atoms with E-state index in [-0.39, 0.29) is 5.25 Å². The number of nitrogens with one attached hydrogen (secondary N) is 1. The van der Waals surface area contributed by atoms with E-state index in [9.17, 15) is 8.42 Å². The molecule has 0 aromatic carbocycles. The van der Waals surface area contributed by atoms with Crippen LogP contribution in [-0.4, -0.2) is 38.0 Å². The molecule has 1 N–H and O–H groups in total. The molecular weight excluding hydrogens is 292 g/mol. The molecule has 0 aliphatic heterocycles. The lowest BCUT2D eigenvalue weighted by Gasteiger charge is -2.33. The molecule has 0 spiro atoms. The van der Waals surface area contributed by atoms with E-state index in [0.29, 0.717) is 12.0 Å². The number of hydrogen-bond donors (Lipinski definition) is 1. The van der Waals surface area contributed by atoms with Crippen LogP contribution >= 0.6 is 11.3 Å². The maximum Gasteiger partial charge on any atom is 0.150 e. The Morgan fingerprint density at radius 3 is 2.80 bits per heavy atom. The highest BCUT2D eigenvalue weighted by atomic mass is 32.2. The summed E-state index contributed by atoms with van der Waals surface area (Å²) in [6, 6.07) is 0.324. The van der Waals surface area contributed by atoms with E-state index in [4.69, 9.17) is 0 Å². The largest absolute Gasteiger partial charge is 0.316 e. The second-order valence-corrected chi connectivity index (χ2v) is 9.13. The number of nitrogens with zero attached hydrogens (tertiary/aromatic N) is 1. The Labute approximate surface area is 125 Å². The maximum absolute atomic E-state index is 11.8. The van der Waals surface area contributed by atoms with Crippen LogP contribution < -0.4 is 5.32 Å². The van der Waals surface area contributed by atoms with Crippen LogP contribution in [0.3, 0.4) is 0 Å². The van der Waals surface area contributed by atoms with Gasteiger partial charge in [0.15, 0.2) is 0 Å². The lowest BCUT2D eigenvalue weighted by atomic mass is 9.82. The normalized spacial score (nSPS) is 25.6. The highest BCUT2D eigenvalue weighted by molar-refractivity contribution is 7.91. The molecule has 1 fully saturated rings. The first-order chi connectivity index (χ1) is 9.40. The lowest BCUT2D eigenvalue weighted by Crippen LogP contribution is -2.40. The van der Waals surface area contributed by atoms with Gasteiger partial charge in [-0.05, 0) is 39.2 Å². The van der Waals surface area contributed by atoms with Crippen molar-refractivity contribution >= 4 is 21.2 Å². The van der Waals surface area contributed by atoms with E-state index >= 15 is 0 Å². The van der Waals surface area contributed by atoms with Crippen molar-refractivity contribution in [2.75, 3.05) is 13.3 Å². The minimum absolute atomic E-state index is 0.157. The van der Waals surface area contributed by atoms with Crippen molar-refractivity contribution < 1.29 is 8.42 Å². The summed E-state index contributed by atoms with van der Waals surface area (Å²) in [4.78, 5) is 4.52. The lowest BCUT2D eigenvalue weighted by molar-refractivity contribution is 0.277. The number of aromatic nitrogens is 1. The van der Waals surface area contributed by atoms with Gasteiger partial charge in [-0.2, -0.15) is 0 Å².